The van der Waals surface area contributed by atoms with Gasteiger partial charge in [0.2, 0.25) is 0 Å². The van der Waals surface area contributed by atoms with Crippen LogP contribution in [0.2, 0.25) is 0 Å². The highest BCUT2D eigenvalue weighted by molar-refractivity contribution is 5.50. The van der Waals surface area contributed by atoms with Gasteiger partial charge in [-0.3, -0.25) is 0 Å². The predicted octanol–water partition coefficient (Wildman–Crippen LogP) is 6.59. The molecule has 36 heavy (non-hydrogen) atoms. The summed E-state index contributed by atoms with van der Waals surface area (Å²) in [5, 5.41) is 19.9. The third-order valence-corrected chi connectivity index (χ3v) is 8.23. The third-order valence-electron chi connectivity index (χ3n) is 8.23. The summed E-state index contributed by atoms with van der Waals surface area (Å²) >= 11 is 0. The molecule has 0 aromatic heterocycles. The van der Waals surface area contributed by atoms with Crippen LogP contribution in [0.3, 0.4) is 0 Å². The Morgan fingerprint density at radius 3 is 2.58 bits per heavy atom. The average Bonchev–Trinajstić information content (AvgIpc) is 2.90. The SMILES string of the molecule is CC1(C2C=CC(O)=CC2)COc2cc(O)ccc2C1c1ccc(OCCCCN2CCCCC2)cc1. The Morgan fingerprint density at radius 2 is 1.83 bits per heavy atom. The first-order valence-electron chi connectivity index (χ1n) is 13.5. The second-order valence-electron chi connectivity index (χ2n) is 10.8. The normalized spacial score (nSPS) is 26.1. The summed E-state index contributed by atoms with van der Waals surface area (Å²) in [5.74, 6) is 2.49. The number of hydrogen-bond acceptors (Lipinski definition) is 5. The van der Waals surface area contributed by atoms with Gasteiger partial charge in [-0.25, -0.2) is 0 Å². The van der Waals surface area contributed by atoms with Gasteiger partial charge in [-0.05, 0) is 93.6 Å². The fourth-order valence-corrected chi connectivity index (χ4v) is 6.10. The molecule has 2 N–H and O–H groups in total. The maximum atomic E-state index is 10.0. The summed E-state index contributed by atoms with van der Waals surface area (Å²) in [7, 11) is 0. The number of hydrogen-bond donors (Lipinski definition) is 2. The lowest BCUT2D eigenvalue weighted by molar-refractivity contribution is 0.0747. The number of likely N-dealkylation sites (tertiary alicyclic amines) is 1. The number of benzene rings is 2. The minimum absolute atomic E-state index is 0.0868. The zero-order valence-corrected chi connectivity index (χ0v) is 21.4. The van der Waals surface area contributed by atoms with E-state index in [9.17, 15) is 10.2 Å². The topological polar surface area (TPSA) is 62.2 Å². The molecular formula is C31H39NO4. The van der Waals surface area contributed by atoms with E-state index in [0.717, 1.165) is 36.5 Å². The van der Waals surface area contributed by atoms with Crippen molar-refractivity contribution in [3.63, 3.8) is 0 Å². The number of rotatable bonds is 8. The van der Waals surface area contributed by atoms with E-state index in [1.54, 1.807) is 18.2 Å². The highest BCUT2D eigenvalue weighted by Gasteiger charge is 2.46. The van der Waals surface area contributed by atoms with Gasteiger partial charge in [0.1, 0.15) is 23.0 Å². The smallest absolute Gasteiger partial charge is 0.126 e. The molecule has 3 atom stereocenters. The zero-order chi connectivity index (χ0) is 25.0. The molecule has 0 saturated carbocycles. The second kappa shape index (κ2) is 11.0. The summed E-state index contributed by atoms with van der Waals surface area (Å²) in [5.41, 5.74) is 2.08. The van der Waals surface area contributed by atoms with Crippen LogP contribution in [0.5, 0.6) is 17.2 Å². The van der Waals surface area contributed by atoms with Crippen LogP contribution >= 0.6 is 0 Å². The molecule has 0 spiro atoms. The Kier molecular flexibility index (Phi) is 7.56. The Balaban J connectivity index is 1.28. The van der Waals surface area contributed by atoms with E-state index >= 15 is 0 Å². The predicted molar refractivity (Wildman–Crippen MR) is 143 cm³/mol. The molecule has 0 bridgehead atoms. The molecule has 192 valence electrons. The number of allylic oxidation sites excluding steroid dienone is 3. The van der Waals surface area contributed by atoms with E-state index in [1.807, 2.05) is 12.1 Å². The van der Waals surface area contributed by atoms with Crippen LogP contribution in [0.1, 0.15) is 62.5 Å². The fourth-order valence-electron chi connectivity index (χ4n) is 6.10. The molecule has 5 heteroatoms. The van der Waals surface area contributed by atoms with Gasteiger partial charge in [-0.2, -0.15) is 0 Å². The number of aromatic hydroxyl groups is 1. The van der Waals surface area contributed by atoms with Gasteiger partial charge in [0.25, 0.3) is 0 Å². The lowest BCUT2D eigenvalue weighted by atomic mass is 9.61. The summed E-state index contributed by atoms with van der Waals surface area (Å²) < 4.78 is 12.3. The summed E-state index contributed by atoms with van der Waals surface area (Å²) in [4.78, 5) is 2.58. The second-order valence-corrected chi connectivity index (χ2v) is 10.8. The van der Waals surface area contributed by atoms with Crippen molar-refractivity contribution in [2.45, 2.75) is 51.4 Å². The van der Waals surface area contributed by atoms with Crippen LogP contribution < -0.4 is 9.47 Å². The van der Waals surface area contributed by atoms with Crippen LogP contribution in [-0.2, 0) is 0 Å². The van der Waals surface area contributed by atoms with E-state index in [1.165, 1.54) is 50.9 Å². The molecule has 5 rings (SSSR count). The van der Waals surface area contributed by atoms with E-state index in [2.05, 4.69) is 42.2 Å². The zero-order valence-electron chi connectivity index (χ0n) is 21.4. The van der Waals surface area contributed by atoms with Gasteiger partial charge in [-0.1, -0.05) is 37.6 Å². The minimum atomic E-state index is -0.214. The van der Waals surface area contributed by atoms with Crippen molar-refractivity contribution >= 4 is 0 Å². The van der Waals surface area contributed by atoms with Gasteiger partial charge in [0, 0.05) is 23.0 Å². The third kappa shape index (κ3) is 5.41. The molecule has 0 radical (unpaired) electrons. The first-order chi connectivity index (χ1) is 17.5. The maximum Gasteiger partial charge on any atom is 0.126 e. The Morgan fingerprint density at radius 1 is 1.03 bits per heavy atom. The Hall–Kier alpha value is -2.92. The van der Waals surface area contributed by atoms with Crippen molar-refractivity contribution in [2.75, 3.05) is 32.8 Å². The molecule has 2 aromatic rings. The van der Waals surface area contributed by atoms with Gasteiger partial charge in [0.05, 0.1) is 13.2 Å². The van der Waals surface area contributed by atoms with Gasteiger partial charge < -0.3 is 24.6 Å². The van der Waals surface area contributed by atoms with Crippen molar-refractivity contribution in [1.29, 1.82) is 0 Å². The molecule has 1 fully saturated rings. The summed E-state index contributed by atoms with van der Waals surface area (Å²) in [6, 6.07) is 14.0. The first-order valence-corrected chi connectivity index (χ1v) is 13.5. The number of nitrogens with zero attached hydrogens (tertiary/aromatic N) is 1. The number of phenols is 1. The van der Waals surface area contributed by atoms with Crippen molar-refractivity contribution < 1.29 is 19.7 Å². The van der Waals surface area contributed by atoms with Crippen LogP contribution in [0.15, 0.2) is 66.5 Å². The number of aliphatic hydroxyl groups excluding tert-OH is 1. The number of ether oxygens (including phenoxy) is 2. The fraction of sp³-hybridized carbons (Fsp3) is 0.484. The Bertz CT molecular complexity index is 1090. The van der Waals surface area contributed by atoms with E-state index in [-0.39, 0.29) is 23.0 Å². The molecular weight excluding hydrogens is 450 g/mol. The van der Waals surface area contributed by atoms with Gasteiger partial charge >= 0.3 is 0 Å². The van der Waals surface area contributed by atoms with Gasteiger partial charge in [0.15, 0.2) is 0 Å². The maximum absolute atomic E-state index is 10.0. The van der Waals surface area contributed by atoms with Crippen molar-refractivity contribution in [3.8, 4) is 17.2 Å². The molecule has 1 aliphatic carbocycles. The number of piperidine rings is 1. The molecule has 0 amide bonds. The molecule has 2 aliphatic heterocycles. The largest absolute Gasteiger partial charge is 0.508 e. The molecule has 1 saturated heterocycles. The van der Waals surface area contributed by atoms with E-state index in [0.29, 0.717) is 12.4 Å². The monoisotopic (exact) mass is 489 g/mol. The number of aliphatic hydroxyl groups is 1. The van der Waals surface area contributed by atoms with Gasteiger partial charge in [-0.15, -0.1) is 0 Å². The Labute approximate surface area is 215 Å². The lowest BCUT2D eigenvalue weighted by Gasteiger charge is -2.47. The van der Waals surface area contributed by atoms with Crippen LogP contribution in [0.4, 0.5) is 0 Å². The highest BCUT2D eigenvalue weighted by Crippen LogP contribution is 2.54. The average molecular weight is 490 g/mol. The van der Waals surface area contributed by atoms with Crippen molar-refractivity contribution in [1.82, 2.24) is 4.90 Å². The number of fused-ring (bicyclic) bond motifs is 1. The van der Waals surface area contributed by atoms with Crippen LogP contribution in [-0.4, -0.2) is 48.0 Å². The lowest BCUT2D eigenvalue weighted by Crippen LogP contribution is -2.42. The molecule has 2 heterocycles. The number of phenolic OH excluding ortho intramolecular Hbond substituents is 1. The van der Waals surface area contributed by atoms with Crippen molar-refractivity contribution in [2.24, 2.45) is 11.3 Å². The first kappa shape index (κ1) is 24.8. The molecule has 5 nitrogen and oxygen atoms in total. The van der Waals surface area contributed by atoms with E-state index < -0.39 is 0 Å². The molecule has 3 aliphatic rings. The molecule has 2 aromatic carbocycles. The standard InChI is InChI=1S/C31H39NO4/c1-31(24-9-11-25(33)12-10-24)22-36-29-21-26(34)13-16-28(29)30(31)23-7-14-27(15-8-23)35-20-6-5-19-32-17-3-2-4-18-32/h7-9,11-16,21,24,30,33-34H,2-6,10,17-20,22H2,1H3. The highest BCUT2D eigenvalue weighted by atomic mass is 16.5. The van der Waals surface area contributed by atoms with Crippen LogP contribution in [0.25, 0.3) is 0 Å². The van der Waals surface area contributed by atoms with Crippen molar-refractivity contribution in [3.05, 3.63) is 77.6 Å². The summed E-state index contributed by atoms with van der Waals surface area (Å²) in [6.45, 7) is 7.24. The van der Waals surface area contributed by atoms with Crippen LogP contribution in [0, 0.1) is 11.3 Å². The number of unbranched alkanes of at least 4 members (excludes halogenated alkanes) is 1. The summed E-state index contributed by atoms with van der Waals surface area (Å²) in [6.07, 6.45) is 12.9. The van der Waals surface area contributed by atoms with E-state index in [4.69, 9.17) is 9.47 Å². The molecule has 3 unspecified atom stereocenters. The quantitative estimate of drug-likeness (QED) is 0.410. The minimum Gasteiger partial charge on any atom is -0.508 e.